The number of amides is 1. The Morgan fingerprint density at radius 2 is 1.76 bits per heavy atom. The third-order valence-electron chi connectivity index (χ3n) is 4.55. The molecule has 0 saturated carbocycles. The molecule has 0 aliphatic carbocycles. The maximum atomic E-state index is 12.8. The maximum absolute atomic E-state index is 12.8. The summed E-state index contributed by atoms with van der Waals surface area (Å²) in [6.45, 7) is 4.99. The van der Waals surface area contributed by atoms with E-state index in [1.807, 2.05) is 13.8 Å². The zero-order chi connectivity index (χ0) is 22.0. The van der Waals surface area contributed by atoms with Crippen LogP contribution in [0, 0.1) is 13.8 Å². The van der Waals surface area contributed by atoms with Gasteiger partial charge in [0.1, 0.15) is 6.04 Å². The van der Waals surface area contributed by atoms with Gasteiger partial charge in [0.15, 0.2) is 0 Å². The maximum Gasteiger partial charge on any atom is 0.416 e. The van der Waals surface area contributed by atoms with Crippen molar-refractivity contribution < 1.29 is 26.4 Å². The first-order valence-electron chi connectivity index (χ1n) is 8.81. The number of rotatable bonds is 6. The fraction of sp³-hybridized carbons (Fsp3) is 0.350. The second-order valence-corrected chi connectivity index (χ2v) is 8.78. The molecule has 1 atom stereocenters. The molecule has 0 radical (unpaired) electrons. The van der Waals surface area contributed by atoms with E-state index in [0.29, 0.717) is 5.69 Å². The number of anilines is 1. The van der Waals surface area contributed by atoms with Gasteiger partial charge in [-0.3, -0.25) is 9.10 Å². The van der Waals surface area contributed by atoms with Gasteiger partial charge in [-0.1, -0.05) is 18.2 Å². The van der Waals surface area contributed by atoms with Crippen LogP contribution in [0.25, 0.3) is 0 Å². The van der Waals surface area contributed by atoms with Crippen LogP contribution in [0.3, 0.4) is 0 Å². The smallest absolute Gasteiger partial charge is 0.350 e. The SMILES string of the molecule is Cc1ccc(N([C@@H](C)C(=O)NCc2cccc(C(F)(F)F)c2)S(C)(=O)=O)cc1C. The predicted molar refractivity (Wildman–Crippen MR) is 106 cm³/mol. The molecule has 5 nitrogen and oxygen atoms in total. The summed E-state index contributed by atoms with van der Waals surface area (Å²) in [5, 5.41) is 2.51. The summed E-state index contributed by atoms with van der Waals surface area (Å²) in [4.78, 5) is 12.6. The minimum Gasteiger partial charge on any atom is -0.350 e. The molecule has 29 heavy (non-hydrogen) atoms. The van der Waals surface area contributed by atoms with Gasteiger partial charge in [0.2, 0.25) is 15.9 Å². The number of carbonyl (C=O) groups excluding carboxylic acids is 1. The zero-order valence-corrected chi connectivity index (χ0v) is 17.4. The average Bonchev–Trinajstić information content (AvgIpc) is 2.61. The van der Waals surface area contributed by atoms with Crippen molar-refractivity contribution >= 4 is 21.6 Å². The van der Waals surface area contributed by atoms with Crippen molar-refractivity contribution in [2.45, 2.75) is 39.5 Å². The lowest BCUT2D eigenvalue weighted by Crippen LogP contribution is -2.47. The highest BCUT2D eigenvalue weighted by Crippen LogP contribution is 2.29. The number of nitrogens with zero attached hydrogens (tertiary/aromatic N) is 1. The minimum atomic E-state index is -4.48. The van der Waals surface area contributed by atoms with Gasteiger partial charge in [0, 0.05) is 6.54 Å². The van der Waals surface area contributed by atoms with Gasteiger partial charge < -0.3 is 5.32 Å². The molecule has 2 aromatic rings. The van der Waals surface area contributed by atoms with Crippen LogP contribution >= 0.6 is 0 Å². The molecule has 1 amide bonds. The highest BCUT2D eigenvalue weighted by molar-refractivity contribution is 7.92. The first-order valence-corrected chi connectivity index (χ1v) is 10.7. The van der Waals surface area contributed by atoms with Crippen LogP contribution in [-0.4, -0.2) is 26.6 Å². The fourth-order valence-electron chi connectivity index (χ4n) is 2.87. The van der Waals surface area contributed by atoms with Crippen molar-refractivity contribution in [1.29, 1.82) is 0 Å². The van der Waals surface area contributed by atoms with Crippen molar-refractivity contribution in [2.75, 3.05) is 10.6 Å². The number of carbonyl (C=O) groups is 1. The van der Waals surface area contributed by atoms with Gasteiger partial charge >= 0.3 is 6.18 Å². The number of alkyl halides is 3. The first-order chi connectivity index (χ1) is 13.3. The Bertz CT molecular complexity index is 1000. The van der Waals surface area contributed by atoms with Gasteiger partial charge in [-0.25, -0.2) is 8.42 Å². The summed E-state index contributed by atoms with van der Waals surface area (Å²) < 4.78 is 64.1. The third kappa shape index (κ3) is 5.72. The number of sulfonamides is 1. The lowest BCUT2D eigenvalue weighted by atomic mass is 10.1. The average molecular weight is 428 g/mol. The summed E-state index contributed by atoms with van der Waals surface area (Å²) in [5.41, 5.74) is 1.64. The molecule has 158 valence electrons. The van der Waals surface area contributed by atoms with E-state index in [1.165, 1.54) is 19.1 Å². The molecular weight excluding hydrogens is 405 g/mol. The molecule has 2 rings (SSSR count). The Balaban J connectivity index is 2.21. The molecule has 1 N–H and O–H groups in total. The van der Waals surface area contributed by atoms with E-state index in [-0.39, 0.29) is 12.1 Å². The zero-order valence-electron chi connectivity index (χ0n) is 16.5. The Kier molecular flexibility index (Phi) is 6.62. The number of benzene rings is 2. The Morgan fingerprint density at radius 3 is 2.31 bits per heavy atom. The number of halogens is 3. The number of hydrogen-bond acceptors (Lipinski definition) is 3. The van der Waals surface area contributed by atoms with E-state index in [4.69, 9.17) is 0 Å². The molecule has 2 aromatic carbocycles. The van der Waals surface area contributed by atoms with E-state index < -0.39 is 33.7 Å². The summed E-state index contributed by atoms with van der Waals surface area (Å²) in [6, 6.07) is 8.56. The van der Waals surface area contributed by atoms with Gasteiger partial charge in [-0.05, 0) is 61.7 Å². The Labute approximate surface area is 168 Å². The van der Waals surface area contributed by atoms with Crippen molar-refractivity contribution in [2.24, 2.45) is 0 Å². The standard InChI is InChI=1S/C20H23F3N2O3S/c1-13-8-9-18(10-14(13)2)25(29(4,27)28)15(3)19(26)24-12-16-6-5-7-17(11-16)20(21,22)23/h5-11,15H,12H2,1-4H3,(H,24,26)/t15-/m0/s1. The normalized spacial score (nSPS) is 13.1. The van der Waals surface area contributed by atoms with E-state index >= 15 is 0 Å². The number of nitrogens with one attached hydrogen (secondary N) is 1. The molecule has 9 heteroatoms. The van der Waals surface area contributed by atoms with Crippen LogP contribution in [0.2, 0.25) is 0 Å². The molecule has 0 spiro atoms. The van der Waals surface area contributed by atoms with Crippen molar-refractivity contribution in [3.05, 3.63) is 64.7 Å². The fourth-order valence-corrected chi connectivity index (χ4v) is 4.03. The largest absolute Gasteiger partial charge is 0.416 e. The minimum absolute atomic E-state index is 0.155. The van der Waals surface area contributed by atoms with Gasteiger partial charge in [-0.15, -0.1) is 0 Å². The van der Waals surface area contributed by atoms with Crippen molar-refractivity contribution in [3.8, 4) is 0 Å². The summed E-state index contributed by atoms with van der Waals surface area (Å²) in [6.07, 6.45) is -3.48. The molecule has 0 unspecified atom stereocenters. The lowest BCUT2D eigenvalue weighted by Gasteiger charge is -2.28. The molecule has 0 saturated heterocycles. The molecule has 0 aliphatic rings. The van der Waals surface area contributed by atoms with Crippen LogP contribution in [0.4, 0.5) is 18.9 Å². The second kappa shape index (κ2) is 8.44. The van der Waals surface area contributed by atoms with E-state index in [0.717, 1.165) is 33.8 Å². The predicted octanol–water partition coefficient (Wildman–Crippen LogP) is 3.79. The van der Waals surface area contributed by atoms with Crippen molar-refractivity contribution in [1.82, 2.24) is 5.32 Å². The van der Waals surface area contributed by atoms with Crippen LogP contribution in [-0.2, 0) is 27.5 Å². The van der Waals surface area contributed by atoms with Crippen LogP contribution in [0.1, 0.15) is 29.2 Å². The van der Waals surface area contributed by atoms with Gasteiger partial charge in [-0.2, -0.15) is 13.2 Å². The molecule has 0 fully saturated rings. The highest BCUT2D eigenvalue weighted by Gasteiger charge is 2.31. The van der Waals surface area contributed by atoms with E-state index in [9.17, 15) is 26.4 Å². The van der Waals surface area contributed by atoms with Crippen LogP contribution in [0.15, 0.2) is 42.5 Å². The topological polar surface area (TPSA) is 66.5 Å². The van der Waals surface area contributed by atoms with Gasteiger partial charge in [0.25, 0.3) is 0 Å². The third-order valence-corrected chi connectivity index (χ3v) is 5.80. The lowest BCUT2D eigenvalue weighted by molar-refractivity contribution is -0.137. The first kappa shape index (κ1) is 22.7. The monoisotopic (exact) mass is 428 g/mol. The number of hydrogen-bond donors (Lipinski definition) is 1. The summed E-state index contributed by atoms with van der Waals surface area (Å²) >= 11 is 0. The number of aryl methyl sites for hydroxylation is 2. The molecule has 0 aromatic heterocycles. The van der Waals surface area contributed by atoms with Crippen molar-refractivity contribution in [3.63, 3.8) is 0 Å². The van der Waals surface area contributed by atoms with Crippen LogP contribution in [0.5, 0.6) is 0 Å². The summed E-state index contributed by atoms with van der Waals surface area (Å²) in [5.74, 6) is -0.619. The second-order valence-electron chi connectivity index (χ2n) is 6.92. The molecule has 0 aliphatic heterocycles. The Morgan fingerprint density at radius 1 is 1.10 bits per heavy atom. The molecule has 0 heterocycles. The summed E-state index contributed by atoms with van der Waals surface area (Å²) in [7, 11) is -3.78. The molecule has 0 bridgehead atoms. The van der Waals surface area contributed by atoms with E-state index in [1.54, 1.807) is 18.2 Å². The quantitative estimate of drug-likeness (QED) is 0.761. The van der Waals surface area contributed by atoms with Crippen LogP contribution < -0.4 is 9.62 Å². The highest BCUT2D eigenvalue weighted by atomic mass is 32.2. The van der Waals surface area contributed by atoms with E-state index in [2.05, 4.69) is 5.32 Å². The molecular formula is C20H23F3N2O3S. The van der Waals surface area contributed by atoms with Gasteiger partial charge in [0.05, 0.1) is 17.5 Å². The Hall–Kier alpha value is -2.55.